The number of pyridine rings is 1. The Balaban J connectivity index is 2.33. The van der Waals surface area contributed by atoms with Crippen LogP contribution in [-0.4, -0.2) is 13.4 Å². The predicted molar refractivity (Wildman–Crippen MR) is 76.2 cm³/mol. The summed E-state index contributed by atoms with van der Waals surface area (Å²) in [6.07, 6.45) is 1.38. The second-order valence-electron chi connectivity index (χ2n) is 3.88. The van der Waals surface area contributed by atoms with Gasteiger partial charge in [0.1, 0.15) is 5.15 Å². The summed E-state index contributed by atoms with van der Waals surface area (Å²) in [4.78, 5) is 3.98. The van der Waals surface area contributed by atoms with Crippen molar-refractivity contribution in [3.05, 3.63) is 52.3 Å². The molecule has 0 aliphatic carbocycles. The molecule has 0 aliphatic heterocycles. The van der Waals surface area contributed by atoms with Gasteiger partial charge in [-0.1, -0.05) is 23.2 Å². The van der Waals surface area contributed by atoms with E-state index in [9.17, 15) is 8.42 Å². The van der Waals surface area contributed by atoms with Crippen molar-refractivity contribution < 1.29 is 8.42 Å². The van der Waals surface area contributed by atoms with Crippen LogP contribution in [-0.2, 0) is 10.0 Å². The number of anilines is 1. The Morgan fingerprint density at radius 3 is 2.37 bits per heavy atom. The van der Waals surface area contributed by atoms with E-state index in [4.69, 9.17) is 23.2 Å². The third-order valence-corrected chi connectivity index (χ3v) is 4.29. The zero-order valence-electron chi connectivity index (χ0n) is 9.89. The van der Waals surface area contributed by atoms with E-state index in [0.717, 1.165) is 0 Å². The standard InChI is InChI=1S/C12H10Cl2N2O2S/c1-8-6-12(14)15-7-11(8)16-19(17,18)10-4-2-9(13)3-5-10/h2-7,16H,1H3. The number of hydrogen-bond acceptors (Lipinski definition) is 3. The average Bonchev–Trinajstić information content (AvgIpc) is 2.33. The Morgan fingerprint density at radius 2 is 1.79 bits per heavy atom. The van der Waals surface area contributed by atoms with E-state index in [0.29, 0.717) is 21.4 Å². The first-order valence-corrected chi connectivity index (χ1v) is 7.53. The van der Waals surface area contributed by atoms with Crippen molar-refractivity contribution in [2.24, 2.45) is 0 Å². The van der Waals surface area contributed by atoms with Crippen LogP contribution in [0.15, 0.2) is 41.4 Å². The van der Waals surface area contributed by atoms with Crippen LogP contribution in [0.1, 0.15) is 5.56 Å². The fourth-order valence-electron chi connectivity index (χ4n) is 1.45. The maximum absolute atomic E-state index is 12.1. The molecule has 0 atom stereocenters. The first-order chi connectivity index (χ1) is 8.88. The summed E-state index contributed by atoms with van der Waals surface area (Å²) in [6, 6.07) is 7.49. The summed E-state index contributed by atoms with van der Waals surface area (Å²) in [6.45, 7) is 1.74. The third kappa shape index (κ3) is 3.37. The molecule has 100 valence electrons. The van der Waals surface area contributed by atoms with E-state index in [-0.39, 0.29) is 4.90 Å². The van der Waals surface area contributed by atoms with E-state index >= 15 is 0 Å². The summed E-state index contributed by atoms with van der Waals surface area (Å²) >= 11 is 11.4. The summed E-state index contributed by atoms with van der Waals surface area (Å²) in [5.74, 6) is 0. The van der Waals surface area contributed by atoms with Crippen LogP contribution in [0.25, 0.3) is 0 Å². The largest absolute Gasteiger partial charge is 0.278 e. The lowest BCUT2D eigenvalue weighted by Crippen LogP contribution is -2.13. The lowest BCUT2D eigenvalue weighted by Gasteiger charge is -2.10. The SMILES string of the molecule is Cc1cc(Cl)ncc1NS(=O)(=O)c1ccc(Cl)cc1. The Labute approximate surface area is 121 Å². The molecule has 2 rings (SSSR count). The summed E-state index contributed by atoms with van der Waals surface area (Å²) in [5.41, 5.74) is 1.08. The van der Waals surface area contributed by atoms with Gasteiger partial charge < -0.3 is 0 Å². The smallest absolute Gasteiger partial charge is 0.261 e. The highest BCUT2D eigenvalue weighted by atomic mass is 35.5. The molecule has 0 aliphatic rings. The van der Waals surface area contributed by atoms with Crippen molar-refractivity contribution in [2.75, 3.05) is 4.72 Å². The zero-order valence-corrected chi connectivity index (χ0v) is 12.2. The Morgan fingerprint density at radius 1 is 1.16 bits per heavy atom. The monoisotopic (exact) mass is 316 g/mol. The second kappa shape index (κ2) is 5.36. The van der Waals surface area contributed by atoms with Crippen molar-refractivity contribution in [3.8, 4) is 0 Å². The fraction of sp³-hybridized carbons (Fsp3) is 0.0833. The highest BCUT2D eigenvalue weighted by Gasteiger charge is 2.15. The van der Waals surface area contributed by atoms with Crippen molar-refractivity contribution in [3.63, 3.8) is 0 Å². The molecule has 0 fully saturated rings. The maximum Gasteiger partial charge on any atom is 0.261 e. The molecular weight excluding hydrogens is 307 g/mol. The van der Waals surface area contributed by atoms with E-state index in [1.54, 1.807) is 13.0 Å². The maximum atomic E-state index is 12.1. The number of sulfonamides is 1. The minimum Gasteiger partial charge on any atom is -0.278 e. The Hall–Kier alpha value is -1.30. The van der Waals surface area contributed by atoms with Crippen LogP contribution < -0.4 is 4.72 Å². The molecule has 1 heterocycles. The lowest BCUT2D eigenvalue weighted by atomic mass is 10.3. The van der Waals surface area contributed by atoms with Crippen molar-refractivity contribution >= 4 is 38.9 Å². The minimum atomic E-state index is -3.66. The van der Waals surface area contributed by atoms with Crippen LogP contribution in [0, 0.1) is 6.92 Å². The van der Waals surface area contributed by atoms with Crippen LogP contribution in [0.5, 0.6) is 0 Å². The molecule has 1 aromatic carbocycles. The first kappa shape index (κ1) is 14.1. The van der Waals surface area contributed by atoms with Gasteiger partial charge in [0.05, 0.1) is 16.8 Å². The molecule has 0 amide bonds. The molecule has 1 aromatic heterocycles. The van der Waals surface area contributed by atoms with Crippen LogP contribution in [0.2, 0.25) is 10.2 Å². The van der Waals surface area contributed by atoms with Crippen LogP contribution >= 0.6 is 23.2 Å². The molecule has 0 saturated carbocycles. The Kier molecular flexibility index (Phi) is 3.99. The second-order valence-corrected chi connectivity index (χ2v) is 6.39. The highest BCUT2D eigenvalue weighted by Crippen LogP contribution is 2.21. The molecule has 1 N–H and O–H groups in total. The number of rotatable bonds is 3. The molecule has 7 heteroatoms. The topological polar surface area (TPSA) is 59.1 Å². The van der Waals surface area contributed by atoms with Gasteiger partial charge in [-0.3, -0.25) is 4.72 Å². The highest BCUT2D eigenvalue weighted by molar-refractivity contribution is 7.92. The van der Waals surface area contributed by atoms with E-state index in [1.165, 1.54) is 30.5 Å². The number of nitrogens with zero attached hydrogens (tertiary/aromatic N) is 1. The number of hydrogen-bond donors (Lipinski definition) is 1. The van der Waals surface area contributed by atoms with Gasteiger partial charge in [-0.05, 0) is 42.8 Å². The van der Waals surface area contributed by atoms with Gasteiger partial charge in [0, 0.05) is 5.02 Å². The number of benzene rings is 1. The van der Waals surface area contributed by atoms with Crippen LogP contribution in [0.3, 0.4) is 0 Å². The first-order valence-electron chi connectivity index (χ1n) is 5.29. The quantitative estimate of drug-likeness (QED) is 0.882. The summed E-state index contributed by atoms with van der Waals surface area (Å²) in [5, 5.41) is 0.787. The van der Waals surface area contributed by atoms with Gasteiger partial charge >= 0.3 is 0 Å². The zero-order chi connectivity index (χ0) is 14.0. The molecule has 0 spiro atoms. The van der Waals surface area contributed by atoms with Crippen molar-refractivity contribution in [1.82, 2.24) is 4.98 Å². The van der Waals surface area contributed by atoms with Gasteiger partial charge in [-0.2, -0.15) is 0 Å². The van der Waals surface area contributed by atoms with Gasteiger partial charge in [0.25, 0.3) is 10.0 Å². The summed E-state index contributed by atoms with van der Waals surface area (Å²) < 4.78 is 26.7. The summed E-state index contributed by atoms with van der Waals surface area (Å²) in [7, 11) is -3.66. The lowest BCUT2D eigenvalue weighted by molar-refractivity contribution is 0.601. The molecule has 4 nitrogen and oxygen atoms in total. The third-order valence-electron chi connectivity index (χ3n) is 2.45. The Bertz CT molecular complexity index is 700. The molecule has 0 saturated heterocycles. The van der Waals surface area contributed by atoms with Crippen molar-refractivity contribution in [1.29, 1.82) is 0 Å². The van der Waals surface area contributed by atoms with E-state index in [2.05, 4.69) is 9.71 Å². The van der Waals surface area contributed by atoms with E-state index in [1.807, 2.05) is 0 Å². The molecule has 0 bridgehead atoms. The number of aromatic nitrogens is 1. The van der Waals surface area contributed by atoms with Crippen LogP contribution in [0.4, 0.5) is 5.69 Å². The van der Waals surface area contributed by atoms with Gasteiger partial charge in [0.2, 0.25) is 0 Å². The van der Waals surface area contributed by atoms with Gasteiger partial charge in [0.15, 0.2) is 0 Å². The molecule has 2 aromatic rings. The predicted octanol–water partition coefficient (Wildman–Crippen LogP) is 3.50. The number of aryl methyl sites for hydroxylation is 1. The van der Waals surface area contributed by atoms with Crippen molar-refractivity contribution in [2.45, 2.75) is 11.8 Å². The normalized spacial score (nSPS) is 11.3. The molecule has 0 radical (unpaired) electrons. The molecular formula is C12H10Cl2N2O2S. The van der Waals surface area contributed by atoms with E-state index < -0.39 is 10.0 Å². The minimum absolute atomic E-state index is 0.131. The fourth-order valence-corrected chi connectivity index (χ4v) is 2.90. The number of nitrogens with one attached hydrogen (secondary N) is 1. The van der Waals surface area contributed by atoms with Gasteiger partial charge in [-0.15, -0.1) is 0 Å². The average molecular weight is 317 g/mol. The molecule has 19 heavy (non-hydrogen) atoms. The molecule has 0 unspecified atom stereocenters. The van der Waals surface area contributed by atoms with Gasteiger partial charge in [-0.25, -0.2) is 13.4 Å². The number of halogens is 2.